The van der Waals surface area contributed by atoms with Crippen LogP contribution in [0.25, 0.3) is 0 Å². The normalized spacial score (nSPS) is 11.0. The van der Waals surface area contributed by atoms with Gasteiger partial charge in [0.2, 0.25) is 0 Å². The van der Waals surface area contributed by atoms with Crippen molar-refractivity contribution in [2.24, 2.45) is 0 Å². The second kappa shape index (κ2) is 19.4. The zero-order valence-corrected chi connectivity index (χ0v) is 28.8. The number of aliphatic hydroxyl groups is 1. The molecular weight excluding hydrogens is 725 g/mol. The lowest BCUT2D eigenvalue weighted by atomic mass is 9.88. The summed E-state index contributed by atoms with van der Waals surface area (Å²) < 4.78 is 1.18. The molecule has 1 nitrogen and oxygen atoms in total. The van der Waals surface area contributed by atoms with E-state index in [1.165, 1.54) is 33.1 Å². The first kappa shape index (κ1) is 34.6. The largest absolute Gasteiger partial charge is 0.396 e. The van der Waals surface area contributed by atoms with Crippen LogP contribution < -0.4 is 0 Å². The minimum absolute atomic E-state index is 0.252. The van der Waals surface area contributed by atoms with Crippen LogP contribution in [0.5, 0.6) is 0 Å². The number of rotatable bonds is 13. The lowest BCUT2D eigenvalue weighted by molar-refractivity contribution is 0.322. The van der Waals surface area contributed by atoms with Crippen molar-refractivity contribution in [2.75, 3.05) is 22.5 Å². The third-order valence-corrected chi connectivity index (χ3v) is 9.55. The fourth-order valence-corrected chi connectivity index (χ4v) is 6.32. The fraction of sp³-hybridized carbons (Fsp3) is 0.294. The average Bonchev–Trinajstić information content (AvgIpc) is 2.98. The van der Waals surface area contributed by atoms with E-state index in [4.69, 9.17) is 51.5 Å². The van der Waals surface area contributed by atoms with Crippen LogP contribution in [0.15, 0.2) is 97.1 Å². The highest BCUT2D eigenvalue weighted by molar-refractivity contribution is 14.1. The van der Waals surface area contributed by atoms with Gasteiger partial charge in [0.15, 0.2) is 0 Å². The first-order chi connectivity index (χ1) is 19.9. The SMILES string of the molecule is Clc1ccc(C(CCCI)c2ccc(Cl)cc2)cc1.OCCSCCCC(c1ccc(Cl)cc1)c1ccc(Cl)cc1. The smallest absolute Gasteiger partial charge is 0.0521 e. The molecule has 0 spiro atoms. The summed E-state index contributed by atoms with van der Waals surface area (Å²) in [7, 11) is 0. The van der Waals surface area contributed by atoms with E-state index in [1.54, 1.807) is 11.8 Å². The van der Waals surface area contributed by atoms with Gasteiger partial charge >= 0.3 is 0 Å². The van der Waals surface area contributed by atoms with Gasteiger partial charge in [-0.05, 0) is 107 Å². The van der Waals surface area contributed by atoms with Crippen molar-refractivity contribution >= 4 is 80.8 Å². The van der Waals surface area contributed by atoms with E-state index >= 15 is 0 Å². The molecule has 0 aliphatic heterocycles. The van der Waals surface area contributed by atoms with E-state index in [-0.39, 0.29) is 6.61 Å². The summed E-state index contributed by atoms with van der Waals surface area (Å²) >= 11 is 28.2. The van der Waals surface area contributed by atoms with Crippen molar-refractivity contribution in [3.8, 4) is 0 Å². The van der Waals surface area contributed by atoms with E-state index in [1.807, 2.05) is 48.5 Å². The fourth-order valence-electron chi connectivity index (χ4n) is 4.67. The molecule has 0 aliphatic carbocycles. The molecule has 0 unspecified atom stereocenters. The number of halogens is 5. The number of hydrogen-bond donors (Lipinski definition) is 1. The first-order valence-electron chi connectivity index (χ1n) is 13.7. The molecule has 0 amide bonds. The molecule has 1 N–H and O–H groups in total. The van der Waals surface area contributed by atoms with Crippen molar-refractivity contribution in [3.05, 3.63) is 139 Å². The maximum Gasteiger partial charge on any atom is 0.0521 e. The highest BCUT2D eigenvalue weighted by Crippen LogP contribution is 2.32. The zero-order valence-electron chi connectivity index (χ0n) is 22.8. The lowest BCUT2D eigenvalue weighted by Crippen LogP contribution is -2.02. The van der Waals surface area contributed by atoms with E-state index < -0.39 is 0 Å². The molecule has 4 rings (SSSR count). The number of thioether (sulfide) groups is 1. The van der Waals surface area contributed by atoms with Crippen LogP contribution in [0.1, 0.15) is 59.8 Å². The van der Waals surface area contributed by atoms with Gasteiger partial charge in [-0.3, -0.25) is 0 Å². The Hall–Kier alpha value is -0.920. The summed E-state index contributed by atoms with van der Waals surface area (Å²) in [5, 5.41) is 11.9. The summed E-state index contributed by atoms with van der Waals surface area (Å²) in [6.45, 7) is 0.252. The average molecular weight is 760 g/mol. The van der Waals surface area contributed by atoms with Gasteiger partial charge < -0.3 is 5.11 Å². The Kier molecular flexibility index (Phi) is 16.3. The van der Waals surface area contributed by atoms with Crippen LogP contribution in [0.3, 0.4) is 0 Å². The predicted molar refractivity (Wildman–Crippen MR) is 191 cm³/mol. The second-order valence-electron chi connectivity index (χ2n) is 9.62. The van der Waals surface area contributed by atoms with Crippen LogP contribution in [0.4, 0.5) is 0 Å². The van der Waals surface area contributed by atoms with Gasteiger partial charge in [0.1, 0.15) is 0 Å². The summed E-state index contributed by atoms with van der Waals surface area (Å²) in [6.07, 6.45) is 4.53. The quantitative estimate of drug-likeness (QED) is 0.0832. The van der Waals surface area contributed by atoms with Gasteiger partial charge in [-0.15, -0.1) is 0 Å². The van der Waals surface area contributed by atoms with Crippen LogP contribution in [-0.2, 0) is 0 Å². The van der Waals surface area contributed by atoms with Crippen molar-refractivity contribution in [1.29, 1.82) is 0 Å². The van der Waals surface area contributed by atoms with Crippen molar-refractivity contribution in [2.45, 2.75) is 37.5 Å². The monoisotopic (exact) mass is 758 g/mol. The predicted octanol–water partition coefficient (Wildman–Crippen LogP) is 12.0. The molecule has 41 heavy (non-hydrogen) atoms. The van der Waals surface area contributed by atoms with Crippen LogP contribution in [-0.4, -0.2) is 27.6 Å². The Morgan fingerprint density at radius 2 is 0.829 bits per heavy atom. The number of aliphatic hydroxyl groups excluding tert-OH is 1. The molecule has 4 aromatic rings. The molecule has 0 radical (unpaired) electrons. The Morgan fingerprint density at radius 1 is 0.512 bits per heavy atom. The summed E-state index contributed by atoms with van der Waals surface area (Å²) in [4.78, 5) is 0. The second-order valence-corrected chi connectivity index (χ2v) is 13.7. The van der Waals surface area contributed by atoms with Crippen LogP contribution in [0.2, 0.25) is 20.1 Å². The van der Waals surface area contributed by atoms with Gasteiger partial charge in [0, 0.05) is 37.7 Å². The van der Waals surface area contributed by atoms with Crippen molar-refractivity contribution in [1.82, 2.24) is 0 Å². The van der Waals surface area contributed by atoms with Crippen LogP contribution >= 0.6 is 80.8 Å². The number of alkyl halides is 1. The molecule has 0 heterocycles. The van der Waals surface area contributed by atoms with Crippen molar-refractivity contribution < 1.29 is 5.11 Å². The number of benzene rings is 4. The molecule has 0 aliphatic rings. The van der Waals surface area contributed by atoms with E-state index in [9.17, 15) is 0 Å². The van der Waals surface area contributed by atoms with Gasteiger partial charge in [-0.25, -0.2) is 0 Å². The highest BCUT2D eigenvalue weighted by Gasteiger charge is 2.15. The molecule has 0 fully saturated rings. The molecule has 7 heteroatoms. The molecule has 0 aromatic heterocycles. The number of hydrogen-bond acceptors (Lipinski definition) is 2. The maximum absolute atomic E-state index is 8.84. The summed E-state index contributed by atoms with van der Waals surface area (Å²) in [5.41, 5.74) is 5.19. The van der Waals surface area contributed by atoms with E-state index in [0.717, 1.165) is 50.9 Å². The first-order valence-corrected chi connectivity index (χ1v) is 17.9. The third-order valence-electron chi connectivity index (χ3n) is 6.73. The van der Waals surface area contributed by atoms with E-state index in [0.29, 0.717) is 11.8 Å². The van der Waals surface area contributed by atoms with Gasteiger partial charge in [0.25, 0.3) is 0 Å². The highest BCUT2D eigenvalue weighted by atomic mass is 127. The Morgan fingerprint density at radius 3 is 1.12 bits per heavy atom. The Balaban J connectivity index is 0.000000228. The molecule has 218 valence electrons. The lowest BCUT2D eigenvalue weighted by Gasteiger charge is -2.18. The minimum Gasteiger partial charge on any atom is -0.396 e. The molecule has 4 aromatic carbocycles. The van der Waals surface area contributed by atoms with Crippen LogP contribution in [0, 0.1) is 0 Å². The standard InChI is InChI=1S/C18H20Cl2OS.C16H15Cl2I/c19-16-7-3-14(4-8-16)18(2-1-12-22-13-11-21)15-5-9-17(20)10-6-15;17-14-7-3-12(4-8-14)16(2-1-11-19)13-5-9-15(18)10-6-13/h3-10,18,21H,1-2,11-13H2;3-10,16H,1-2,11H2. The summed E-state index contributed by atoms with van der Waals surface area (Å²) in [6, 6.07) is 32.5. The summed E-state index contributed by atoms with van der Waals surface area (Å²) in [5.74, 6) is 2.65. The molecule has 0 saturated carbocycles. The minimum atomic E-state index is 0.252. The van der Waals surface area contributed by atoms with Crippen molar-refractivity contribution in [3.63, 3.8) is 0 Å². The van der Waals surface area contributed by atoms with Gasteiger partial charge in [-0.1, -0.05) is 118 Å². The maximum atomic E-state index is 8.84. The molecule has 0 saturated heterocycles. The van der Waals surface area contributed by atoms with Gasteiger partial charge in [0.05, 0.1) is 6.61 Å². The van der Waals surface area contributed by atoms with Gasteiger partial charge in [-0.2, -0.15) is 11.8 Å². The third kappa shape index (κ3) is 12.3. The Bertz CT molecular complexity index is 1180. The molecule has 0 atom stereocenters. The molecule has 0 bridgehead atoms. The van der Waals surface area contributed by atoms with E-state index in [2.05, 4.69) is 71.1 Å². The topological polar surface area (TPSA) is 20.2 Å². The Labute approximate surface area is 283 Å². The zero-order chi connectivity index (χ0) is 29.5. The molecular formula is C34H35Cl4IOS.